The summed E-state index contributed by atoms with van der Waals surface area (Å²) in [4.78, 5) is 13.2. The van der Waals surface area contributed by atoms with Gasteiger partial charge in [0.05, 0.1) is 21.9 Å². The van der Waals surface area contributed by atoms with Crippen molar-refractivity contribution in [1.82, 2.24) is 15.0 Å². The first-order valence-corrected chi connectivity index (χ1v) is 9.08. The maximum Gasteiger partial charge on any atom is 0.159 e. The van der Waals surface area contributed by atoms with E-state index >= 15 is 0 Å². The van der Waals surface area contributed by atoms with Gasteiger partial charge in [-0.1, -0.05) is 29.8 Å². The van der Waals surface area contributed by atoms with Crippen molar-refractivity contribution < 1.29 is 5.11 Å². The highest BCUT2D eigenvalue weighted by molar-refractivity contribution is 6.35. The Hall–Kier alpha value is -2.50. The number of nitrogens with one attached hydrogen (secondary N) is 1. The third-order valence-corrected chi connectivity index (χ3v) is 4.65. The fourth-order valence-corrected chi connectivity index (χ4v) is 2.96. The van der Waals surface area contributed by atoms with Gasteiger partial charge in [0.25, 0.3) is 0 Å². The van der Waals surface area contributed by atoms with E-state index in [2.05, 4.69) is 26.8 Å². The SMILES string of the molecule is C=C(C)CNc1c(Cl)c(C)nc2ccc(-c3cnc(C(C)(C)O)nc3)cc12. The highest BCUT2D eigenvalue weighted by atomic mass is 35.5. The second-order valence-electron chi connectivity index (χ2n) is 7.28. The lowest BCUT2D eigenvalue weighted by Crippen LogP contribution is -2.19. The van der Waals surface area contributed by atoms with Gasteiger partial charge in [0.2, 0.25) is 0 Å². The predicted molar refractivity (Wildman–Crippen MR) is 111 cm³/mol. The van der Waals surface area contributed by atoms with Gasteiger partial charge in [0.1, 0.15) is 5.60 Å². The molecule has 0 atom stereocenters. The molecule has 0 spiro atoms. The molecule has 3 aromatic rings. The molecule has 0 aliphatic heterocycles. The number of benzene rings is 1. The number of halogens is 1. The number of pyridine rings is 1. The molecule has 0 saturated carbocycles. The summed E-state index contributed by atoms with van der Waals surface area (Å²) >= 11 is 6.52. The molecule has 5 nitrogen and oxygen atoms in total. The molecule has 0 unspecified atom stereocenters. The van der Waals surface area contributed by atoms with Gasteiger partial charge in [-0.3, -0.25) is 4.98 Å². The molecular weight excluding hydrogens is 360 g/mol. The zero-order valence-corrected chi connectivity index (χ0v) is 16.7. The van der Waals surface area contributed by atoms with Gasteiger partial charge in [0, 0.05) is 29.9 Å². The highest BCUT2D eigenvalue weighted by Gasteiger charge is 2.19. The van der Waals surface area contributed by atoms with Crippen molar-refractivity contribution in [3.05, 3.63) is 59.3 Å². The Bertz CT molecular complexity index is 1010. The number of anilines is 1. The van der Waals surface area contributed by atoms with E-state index in [4.69, 9.17) is 11.6 Å². The number of hydrogen-bond acceptors (Lipinski definition) is 5. The van der Waals surface area contributed by atoms with Gasteiger partial charge in [-0.2, -0.15) is 0 Å². The fraction of sp³-hybridized carbons (Fsp3) is 0.286. The summed E-state index contributed by atoms with van der Waals surface area (Å²) in [5.74, 6) is 0.385. The van der Waals surface area contributed by atoms with E-state index in [1.165, 1.54) is 0 Å². The number of aryl methyl sites for hydroxylation is 1. The van der Waals surface area contributed by atoms with Crippen molar-refractivity contribution in [2.75, 3.05) is 11.9 Å². The van der Waals surface area contributed by atoms with E-state index in [9.17, 15) is 5.11 Å². The van der Waals surface area contributed by atoms with E-state index in [1.807, 2.05) is 32.0 Å². The van der Waals surface area contributed by atoms with Crippen LogP contribution in [0.3, 0.4) is 0 Å². The van der Waals surface area contributed by atoms with Crippen LogP contribution in [0.15, 0.2) is 42.7 Å². The molecule has 1 aromatic carbocycles. The van der Waals surface area contributed by atoms with Gasteiger partial charge >= 0.3 is 0 Å². The summed E-state index contributed by atoms with van der Waals surface area (Å²) in [6.45, 7) is 11.7. The summed E-state index contributed by atoms with van der Waals surface area (Å²) in [5, 5.41) is 14.9. The van der Waals surface area contributed by atoms with Crippen molar-refractivity contribution in [2.45, 2.75) is 33.3 Å². The Morgan fingerprint density at radius 3 is 2.48 bits per heavy atom. The van der Waals surface area contributed by atoms with Crippen LogP contribution >= 0.6 is 11.6 Å². The van der Waals surface area contributed by atoms with Crippen LogP contribution in [0.2, 0.25) is 5.02 Å². The predicted octanol–water partition coefficient (Wildman–Crippen LogP) is 4.87. The second kappa shape index (κ2) is 7.25. The average molecular weight is 383 g/mol. The molecule has 2 N–H and O–H groups in total. The first-order chi connectivity index (χ1) is 12.7. The summed E-state index contributed by atoms with van der Waals surface area (Å²) in [5.41, 5.74) is 4.23. The van der Waals surface area contributed by atoms with Crippen molar-refractivity contribution in [1.29, 1.82) is 0 Å². The molecule has 140 valence electrons. The topological polar surface area (TPSA) is 70.9 Å². The number of nitrogens with zero attached hydrogens (tertiary/aromatic N) is 3. The molecule has 0 radical (unpaired) electrons. The Labute approximate surface area is 164 Å². The lowest BCUT2D eigenvalue weighted by molar-refractivity contribution is 0.0687. The smallest absolute Gasteiger partial charge is 0.159 e. The van der Waals surface area contributed by atoms with E-state index in [0.717, 1.165) is 39.0 Å². The fourth-order valence-electron chi connectivity index (χ4n) is 2.75. The Balaban J connectivity index is 2.09. The van der Waals surface area contributed by atoms with Gasteiger partial charge < -0.3 is 10.4 Å². The molecule has 0 amide bonds. The minimum atomic E-state index is -1.07. The van der Waals surface area contributed by atoms with Gasteiger partial charge in [0.15, 0.2) is 5.82 Å². The van der Waals surface area contributed by atoms with Crippen LogP contribution in [-0.4, -0.2) is 26.6 Å². The van der Waals surface area contributed by atoms with Crippen LogP contribution < -0.4 is 5.32 Å². The Morgan fingerprint density at radius 2 is 1.89 bits per heavy atom. The third kappa shape index (κ3) is 4.10. The highest BCUT2D eigenvalue weighted by Crippen LogP contribution is 2.35. The largest absolute Gasteiger partial charge is 0.382 e. The van der Waals surface area contributed by atoms with E-state index in [0.29, 0.717) is 17.4 Å². The van der Waals surface area contributed by atoms with Crippen molar-refractivity contribution in [2.24, 2.45) is 0 Å². The minimum absolute atomic E-state index is 0.385. The molecule has 2 heterocycles. The van der Waals surface area contributed by atoms with Crippen LogP contribution in [0.1, 0.15) is 32.3 Å². The number of hydrogen-bond donors (Lipinski definition) is 2. The number of aromatic nitrogens is 3. The van der Waals surface area contributed by atoms with Crippen LogP contribution in [0.4, 0.5) is 5.69 Å². The molecular formula is C21H23ClN4O. The molecule has 0 saturated heterocycles. The van der Waals surface area contributed by atoms with Crippen LogP contribution in [0, 0.1) is 6.92 Å². The molecule has 2 aromatic heterocycles. The minimum Gasteiger partial charge on any atom is -0.382 e. The van der Waals surface area contributed by atoms with E-state index in [-0.39, 0.29) is 0 Å². The maximum atomic E-state index is 10.0. The van der Waals surface area contributed by atoms with E-state index in [1.54, 1.807) is 26.2 Å². The first-order valence-electron chi connectivity index (χ1n) is 8.70. The van der Waals surface area contributed by atoms with Crippen molar-refractivity contribution in [3.63, 3.8) is 0 Å². The lowest BCUT2D eigenvalue weighted by atomic mass is 10.0. The summed E-state index contributed by atoms with van der Waals surface area (Å²) in [6, 6.07) is 5.97. The monoisotopic (exact) mass is 382 g/mol. The van der Waals surface area contributed by atoms with Gasteiger partial charge in [-0.25, -0.2) is 9.97 Å². The summed E-state index contributed by atoms with van der Waals surface area (Å²) in [6.07, 6.45) is 3.43. The quantitative estimate of drug-likeness (QED) is 0.616. The number of rotatable bonds is 5. The molecule has 0 aliphatic rings. The average Bonchev–Trinajstić information content (AvgIpc) is 2.61. The number of fused-ring (bicyclic) bond motifs is 1. The van der Waals surface area contributed by atoms with Crippen LogP contribution in [0.25, 0.3) is 22.0 Å². The van der Waals surface area contributed by atoms with Gasteiger partial charge in [-0.15, -0.1) is 0 Å². The Kier molecular flexibility index (Phi) is 5.18. The number of aliphatic hydroxyl groups is 1. The molecule has 27 heavy (non-hydrogen) atoms. The molecule has 0 aliphatic carbocycles. The van der Waals surface area contributed by atoms with Crippen molar-refractivity contribution >= 4 is 28.2 Å². The van der Waals surface area contributed by atoms with E-state index < -0.39 is 5.60 Å². The molecule has 3 rings (SSSR count). The summed E-state index contributed by atoms with van der Waals surface area (Å²) in [7, 11) is 0. The zero-order chi connectivity index (χ0) is 19.8. The van der Waals surface area contributed by atoms with Crippen molar-refractivity contribution in [3.8, 4) is 11.1 Å². The zero-order valence-electron chi connectivity index (χ0n) is 16.0. The lowest BCUT2D eigenvalue weighted by Gasteiger charge is -2.16. The normalized spacial score (nSPS) is 11.6. The van der Waals surface area contributed by atoms with Crippen LogP contribution in [-0.2, 0) is 5.60 Å². The van der Waals surface area contributed by atoms with Crippen LogP contribution in [0.5, 0.6) is 0 Å². The maximum absolute atomic E-state index is 10.0. The summed E-state index contributed by atoms with van der Waals surface area (Å²) < 4.78 is 0. The molecule has 6 heteroatoms. The third-order valence-electron chi connectivity index (χ3n) is 4.19. The molecule has 0 fully saturated rings. The van der Waals surface area contributed by atoms with Gasteiger partial charge in [-0.05, 0) is 45.4 Å². The first kappa shape index (κ1) is 19.3. The standard InChI is InChI=1S/C21H23ClN4O/c1-12(2)9-23-19-16-8-14(6-7-17(16)26-13(3)18(19)22)15-10-24-20(25-11-15)21(4,5)27/h6-8,10-11,27H,1,9H2,2-5H3,(H,23,26). The Morgan fingerprint density at radius 1 is 1.22 bits per heavy atom. The molecule has 0 bridgehead atoms. The second-order valence-corrected chi connectivity index (χ2v) is 7.66.